The van der Waals surface area contributed by atoms with Crippen molar-refractivity contribution in [1.29, 1.82) is 0 Å². The highest BCUT2D eigenvalue weighted by Gasteiger charge is 2.39. The quantitative estimate of drug-likeness (QED) is 0.847. The van der Waals surface area contributed by atoms with Crippen molar-refractivity contribution in [2.45, 2.75) is 37.3 Å². The highest BCUT2D eigenvalue weighted by atomic mass is 32.1. The summed E-state index contributed by atoms with van der Waals surface area (Å²) in [6.07, 6.45) is 5.41. The molecule has 4 heteroatoms. The molecule has 2 aromatic rings. The maximum atomic E-state index is 13.9. The second-order valence-corrected chi connectivity index (χ2v) is 6.29. The summed E-state index contributed by atoms with van der Waals surface area (Å²) in [5.74, 6) is 0.141. The average molecular weight is 274 g/mol. The van der Waals surface area contributed by atoms with Gasteiger partial charge in [0.2, 0.25) is 5.95 Å². The number of aromatic nitrogens is 1. The molecule has 2 aliphatic rings. The summed E-state index contributed by atoms with van der Waals surface area (Å²) in [6.45, 7) is 0. The molecule has 0 spiro atoms. The first-order valence-electron chi connectivity index (χ1n) is 6.75. The van der Waals surface area contributed by atoms with E-state index < -0.39 is 0 Å². The van der Waals surface area contributed by atoms with E-state index in [1.165, 1.54) is 24.8 Å². The van der Waals surface area contributed by atoms with Crippen LogP contribution in [0.3, 0.4) is 0 Å². The number of halogens is 1. The lowest BCUT2D eigenvalue weighted by Gasteiger charge is -2.20. The van der Waals surface area contributed by atoms with Crippen molar-refractivity contribution in [3.05, 3.63) is 40.6 Å². The van der Waals surface area contributed by atoms with Crippen molar-refractivity contribution < 1.29 is 4.39 Å². The number of nitrogens with one attached hydrogen (secondary N) is 1. The second-order valence-electron chi connectivity index (χ2n) is 5.51. The van der Waals surface area contributed by atoms with Crippen molar-refractivity contribution in [2.75, 3.05) is 0 Å². The highest BCUT2D eigenvalue weighted by molar-refractivity contribution is 7.08. The van der Waals surface area contributed by atoms with Crippen LogP contribution in [0.4, 0.5) is 4.39 Å². The number of thiophene rings is 1. The number of hydrogen-bond acceptors (Lipinski definition) is 3. The van der Waals surface area contributed by atoms with E-state index in [9.17, 15) is 4.39 Å². The van der Waals surface area contributed by atoms with Crippen LogP contribution in [0.25, 0.3) is 11.1 Å². The van der Waals surface area contributed by atoms with Crippen LogP contribution in [0, 0.1) is 5.95 Å². The molecule has 3 unspecified atom stereocenters. The van der Waals surface area contributed by atoms with Gasteiger partial charge in [-0.05, 0) is 53.3 Å². The van der Waals surface area contributed by atoms with E-state index in [1.807, 2.05) is 22.9 Å². The predicted octanol–water partition coefficient (Wildman–Crippen LogP) is 3.56. The first-order valence-corrected chi connectivity index (χ1v) is 7.69. The Balaban J connectivity index is 1.72. The molecule has 4 rings (SSSR count). The second kappa shape index (κ2) is 4.39. The van der Waals surface area contributed by atoms with Gasteiger partial charge in [-0.3, -0.25) is 0 Å². The Morgan fingerprint density at radius 3 is 3.00 bits per heavy atom. The molecule has 2 aliphatic heterocycles. The molecule has 19 heavy (non-hydrogen) atoms. The molecule has 2 nitrogen and oxygen atoms in total. The van der Waals surface area contributed by atoms with Gasteiger partial charge in [0.1, 0.15) is 0 Å². The van der Waals surface area contributed by atoms with Crippen molar-refractivity contribution in [3.63, 3.8) is 0 Å². The standard InChI is InChI=1S/C15H15FN2S/c16-15-13(9-3-4-19-8-9)5-10(7-17-15)12-6-11-1-2-14(12)18-11/h3-5,7-8,11-12,14,18H,1-2,6H2. The van der Waals surface area contributed by atoms with Crippen LogP contribution in [0.1, 0.15) is 30.7 Å². The zero-order valence-corrected chi connectivity index (χ0v) is 11.3. The largest absolute Gasteiger partial charge is 0.311 e. The van der Waals surface area contributed by atoms with E-state index in [0.29, 0.717) is 23.6 Å². The van der Waals surface area contributed by atoms with Gasteiger partial charge in [-0.2, -0.15) is 15.7 Å². The minimum Gasteiger partial charge on any atom is -0.311 e. The Kier molecular flexibility index (Phi) is 2.67. The van der Waals surface area contributed by atoms with Gasteiger partial charge < -0.3 is 5.32 Å². The number of rotatable bonds is 2. The SMILES string of the molecule is Fc1ncc(C2CC3CCC2N3)cc1-c1ccsc1. The van der Waals surface area contributed by atoms with Crippen LogP contribution >= 0.6 is 11.3 Å². The van der Waals surface area contributed by atoms with Gasteiger partial charge in [-0.1, -0.05) is 0 Å². The van der Waals surface area contributed by atoms with Crippen LogP contribution < -0.4 is 5.32 Å². The molecule has 0 radical (unpaired) electrons. The summed E-state index contributed by atoms with van der Waals surface area (Å²) >= 11 is 1.59. The predicted molar refractivity (Wildman–Crippen MR) is 74.8 cm³/mol. The summed E-state index contributed by atoms with van der Waals surface area (Å²) in [6, 6.07) is 5.17. The molecule has 2 fully saturated rings. The van der Waals surface area contributed by atoms with Crippen LogP contribution in [0.2, 0.25) is 0 Å². The summed E-state index contributed by atoms with van der Waals surface area (Å²) < 4.78 is 13.9. The zero-order chi connectivity index (χ0) is 12.8. The molecule has 98 valence electrons. The maximum absolute atomic E-state index is 13.9. The van der Waals surface area contributed by atoms with Gasteiger partial charge >= 0.3 is 0 Å². The van der Waals surface area contributed by atoms with Gasteiger partial charge in [-0.15, -0.1) is 0 Å². The van der Waals surface area contributed by atoms with Crippen molar-refractivity contribution in [2.24, 2.45) is 0 Å². The number of pyridine rings is 1. The first kappa shape index (κ1) is 11.6. The smallest absolute Gasteiger partial charge is 0.220 e. The van der Waals surface area contributed by atoms with Crippen LogP contribution in [-0.2, 0) is 0 Å². The Morgan fingerprint density at radius 2 is 2.32 bits per heavy atom. The molecule has 2 aromatic heterocycles. The van der Waals surface area contributed by atoms with Crippen LogP contribution in [0.5, 0.6) is 0 Å². The molecule has 1 N–H and O–H groups in total. The summed E-state index contributed by atoms with van der Waals surface area (Å²) in [5.41, 5.74) is 2.76. The fourth-order valence-electron chi connectivity index (χ4n) is 3.48. The van der Waals surface area contributed by atoms with Crippen LogP contribution in [-0.4, -0.2) is 17.1 Å². The molecule has 0 aromatic carbocycles. The zero-order valence-electron chi connectivity index (χ0n) is 10.5. The van der Waals surface area contributed by atoms with Gasteiger partial charge in [-0.25, -0.2) is 4.98 Å². The van der Waals surface area contributed by atoms with Gasteiger partial charge in [0, 0.05) is 29.8 Å². The maximum Gasteiger partial charge on any atom is 0.220 e. The normalized spacial score (nSPS) is 29.0. The summed E-state index contributed by atoms with van der Waals surface area (Å²) in [7, 11) is 0. The first-order chi connectivity index (χ1) is 9.31. The summed E-state index contributed by atoms with van der Waals surface area (Å²) in [5, 5.41) is 7.57. The topological polar surface area (TPSA) is 24.9 Å². The Labute approximate surface area is 115 Å². The third kappa shape index (κ3) is 1.90. The van der Waals surface area contributed by atoms with Crippen molar-refractivity contribution in [1.82, 2.24) is 10.3 Å². The van der Waals surface area contributed by atoms with Crippen molar-refractivity contribution in [3.8, 4) is 11.1 Å². The monoisotopic (exact) mass is 274 g/mol. The third-order valence-electron chi connectivity index (χ3n) is 4.42. The lowest BCUT2D eigenvalue weighted by molar-refractivity contribution is 0.502. The molecule has 4 heterocycles. The lowest BCUT2D eigenvalue weighted by Crippen LogP contribution is -2.21. The van der Waals surface area contributed by atoms with E-state index in [4.69, 9.17) is 0 Å². The highest BCUT2D eigenvalue weighted by Crippen LogP contribution is 2.40. The Morgan fingerprint density at radius 1 is 1.37 bits per heavy atom. The van der Waals surface area contributed by atoms with E-state index in [-0.39, 0.29) is 5.95 Å². The Hall–Kier alpha value is -1.26. The minimum absolute atomic E-state index is 0.363. The van der Waals surface area contributed by atoms with Gasteiger partial charge in [0.15, 0.2) is 0 Å². The molecular formula is C15H15FN2S. The van der Waals surface area contributed by atoms with E-state index in [1.54, 1.807) is 17.5 Å². The molecule has 2 bridgehead atoms. The fraction of sp³-hybridized carbons (Fsp3) is 0.400. The molecule has 0 amide bonds. The Bertz CT molecular complexity index is 596. The lowest BCUT2D eigenvalue weighted by atomic mass is 9.84. The van der Waals surface area contributed by atoms with Crippen LogP contribution in [0.15, 0.2) is 29.1 Å². The molecule has 2 saturated heterocycles. The average Bonchev–Trinajstić information content (AvgIpc) is 3.16. The number of fused-ring (bicyclic) bond motifs is 2. The fourth-order valence-corrected chi connectivity index (χ4v) is 4.14. The molecule has 0 aliphatic carbocycles. The third-order valence-corrected chi connectivity index (χ3v) is 5.10. The van der Waals surface area contributed by atoms with Gasteiger partial charge in [0.05, 0.1) is 0 Å². The van der Waals surface area contributed by atoms with E-state index in [0.717, 1.165) is 5.56 Å². The summed E-state index contributed by atoms with van der Waals surface area (Å²) in [4.78, 5) is 3.97. The molecule has 3 atom stereocenters. The van der Waals surface area contributed by atoms with Crippen molar-refractivity contribution >= 4 is 11.3 Å². The molecule has 0 saturated carbocycles. The number of nitrogens with zero attached hydrogens (tertiary/aromatic N) is 1. The minimum atomic E-state index is -0.363. The number of hydrogen-bond donors (Lipinski definition) is 1. The van der Waals surface area contributed by atoms with Gasteiger partial charge in [0.25, 0.3) is 0 Å². The molecular weight excluding hydrogens is 259 g/mol. The van der Waals surface area contributed by atoms with E-state index in [2.05, 4.69) is 10.3 Å². The van der Waals surface area contributed by atoms with E-state index >= 15 is 0 Å².